The molecule has 0 radical (unpaired) electrons. The Morgan fingerprint density at radius 3 is 2.63 bits per heavy atom. The van der Waals surface area contributed by atoms with Crippen LogP contribution in [-0.2, 0) is 17.6 Å². The number of nitrogens with zero attached hydrogens (tertiary/aromatic N) is 2. The van der Waals surface area contributed by atoms with Gasteiger partial charge in [-0.2, -0.15) is 0 Å². The van der Waals surface area contributed by atoms with Crippen molar-refractivity contribution in [2.45, 2.75) is 92.1 Å². The second-order valence-corrected chi connectivity index (χ2v) is 13.9. The van der Waals surface area contributed by atoms with Crippen LogP contribution in [0.3, 0.4) is 0 Å². The van der Waals surface area contributed by atoms with Gasteiger partial charge in [0.05, 0.1) is 0 Å². The number of fused-ring (bicyclic) bond motifs is 1. The summed E-state index contributed by atoms with van der Waals surface area (Å²) in [6, 6.07) is 3.91. The van der Waals surface area contributed by atoms with Crippen molar-refractivity contribution in [3.63, 3.8) is 0 Å². The Balaban J connectivity index is 1.60. The molecule has 0 bridgehead atoms. The van der Waals surface area contributed by atoms with Crippen molar-refractivity contribution in [2.75, 3.05) is 32.0 Å². The molecule has 1 unspecified atom stereocenters. The number of rotatable bonds is 10. The van der Waals surface area contributed by atoms with E-state index in [1.54, 1.807) is 11.3 Å². The van der Waals surface area contributed by atoms with Crippen LogP contribution in [0.15, 0.2) is 41.2 Å². The summed E-state index contributed by atoms with van der Waals surface area (Å²) in [5, 5.41) is 7.28. The molecule has 2 aromatic rings. The summed E-state index contributed by atoms with van der Waals surface area (Å²) in [5.41, 5.74) is 7.84. The molecule has 3 heterocycles. The van der Waals surface area contributed by atoms with Crippen LogP contribution in [0.5, 0.6) is 0 Å². The molecule has 0 fully saturated rings. The SMILES string of the molecule is B=C(OC(C)(C)C)c1c(NC(=O)NC/C(C2=C(CCCC)CN(C)CC2)=C(/C)n2cccc2)sc2c1CCC(C)C2. The molecule has 2 amide bonds. The van der Waals surface area contributed by atoms with Crippen LogP contribution >= 0.6 is 11.3 Å². The summed E-state index contributed by atoms with van der Waals surface area (Å²) in [4.78, 5) is 17.3. The van der Waals surface area contributed by atoms with Gasteiger partial charge in [-0.25, -0.2) is 0 Å². The Morgan fingerprint density at radius 1 is 1.22 bits per heavy atom. The number of urea groups is 1. The first-order valence-corrected chi connectivity index (χ1v) is 16.1. The number of allylic oxidation sites excluding steroid dienone is 1. The van der Waals surface area contributed by atoms with Gasteiger partial charge in [-0.1, -0.05) is 13.3 Å². The molecule has 0 aromatic carbocycles. The third-order valence-electron chi connectivity index (χ3n) is 8.13. The standard InChI is InChI=1S/C33H49BN4O2S/c1-8-9-12-24-21-37(7)18-15-25(24)27(23(3)38-16-10-11-17-38)20-35-32(39)36-31-29(30(34)40-33(4,5)6)26-14-13-22(2)19-28(26)41-31/h10-11,16-17,22,34H,8-9,12-15,18-21H2,1-7H3,(H2,35,36,39)/b27-23+. The normalized spacial score (nSPS) is 18.5. The van der Waals surface area contributed by atoms with Crippen LogP contribution in [-0.4, -0.2) is 60.9 Å². The Hall–Kier alpha value is -2.58. The van der Waals surface area contributed by atoms with Gasteiger partial charge in [0.15, 0.2) is 0 Å². The van der Waals surface area contributed by atoms with Crippen LogP contribution < -0.4 is 10.6 Å². The average molecular weight is 577 g/mol. The third kappa shape index (κ3) is 8.04. The summed E-state index contributed by atoms with van der Waals surface area (Å²) in [6.07, 6.45) is 11.8. The second kappa shape index (κ2) is 13.6. The fraction of sp³-hybridized carbons (Fsp3) is 0.576. The number of thiophene rings is 1. The van der Waals surface area contributed by atoms with E-state index in [9.17, 15) is 4.79 Å². The fourth-order valence-electron chi connectivity index (χ4n) is 6.00. The number of anilines is 1. The maximum absolute atomic E-state index is 13.5. The molecule has 8 heteroatoms. The van der Waals surface area contributed by atoms with Crippen LogP contribution in [0.2, 0.25) is 0 Å². The number of hydrogen-bond donors (Lipinski definition) is 2. The fourth-order valence-corrected chi connectivity index (χ4v) is 7.43. The summed E-state index contributed by atoms with van der Waals surface area (Å²) in [5.74, 6) is 0.640. The summed E-state index contributed by atoms with van der Waals surface area (Å²) < 4.78 is 8.39. The van der Waals surface area contributed by atoms with E-state index in [2.05, 4.69) is 79.9 Å². The van der Waals surface area contributed by atoms with E-state index in [1.807, 2.05) is 20.8 Å². The minimum absolute atomic E-state index is 0.192. The molecule has 222 valence electrons. The molecule has 4 rings (SSSR count). The molecule has 2 N–H and O–H groups in total. The maximum atomic E-state index is 13.5. The van der Waals surface area contributed by atoms with E-state index in [-0.39, 0.29) is 11.6 Å². The zero-order valence-corrected chi connectivity index (χ0v) is 27.1. The van der Waals surface area contributed by atoms with E-state index < -0.39 is 0 Å². The van der Waals surface area contributed by atoms with Crippen molar-refractivity contribution >= 4 is 41.2 Å². The van der Waals surface area contributed by atoms with Gasteiger partial charge in [-0.3, -0.25) is 0 Å². The number of amides is 2. The zero-order chi connectivity index (χ0) is 29.7. The van der Waals surface area contributed by atoms with Crippen molar-refractivity contribution in [2.24, 2.45) is 5.92 Å². The van der Waals surface area contributed by atoms with Gasteiger partial charge in [-0.05, 0) is 7.05 Å². The van der Waals surface area contributed by atoms with Crippen molar-refractivity contribution in [1.29, 1.82) is 0 Å². The van der Waals surface area contributed by atoms with Crippen LogP contribution in [0, 0.1) is 5.92 Å². The number of ether oxygens (including phenoxy) is 1. The molecule has 1 atom stereocenters. The number of carbonyl (C=O) groups is 1. The van der Waals surface area contributed by atoms with Gasteiger partial charge in [0.1, 0.15) is 0 Å². The molecule has 1 aliphatic carbocycles. The quantitative estimate of drug-likeness (QED) is 0.308. The molecule has 1 aliphatic heterocycles. The topological polar surface area (TPSA) is 58.5 Å². The Morgan fingerprint density at radius 2 is 1.95 bits per heavy atom. The van der Waals surface area contributed by atoms with Crippen molar-refractivity contribution in [3.8, 4) is 0 Å². The monoisotopic (exact) mass is 576 g/mol. The van der Waals surface area contributed by atoms with E-state index >= 15 is 0 Å². The van der Waals surface area contributed by atoms with Crippen LogP contribution in [0.1, 0.15) is 89.7 Å². The van der Waals surface area contributed by atoms with E-state index in [0.717, 1.165) is 61.5 Å². The van der Waals surface area contributed by atoms with Crippen molar-refractivity contribution < 1.29 is 9.53 Å². The van der Waals surface area contributed by atoms with E-state index in [0.29, 0.717) is 18.1 Å². The van der Waals surface area contributed by atoms with Crippen LogP contribution in [0.4, 0.5) is 9.80 Å². The Labute approximate surface area is 252 Å². The van der Waals surface area contributed by atoms with Gasteiger partial charge in [0.2, 0.25) is 0 Å². The molecule has 2 aliphatic rings. The summed E-state index contributed by atoms with van der Waals surface area (Å²) in [6.45, 7) is 15.3. The summed E-state index contributed by atoms with van der Waals surface area (Å²) >= 11 is 1.68. The second-order valence-electron chi connectivity index (χ2n) is 12.8. The van der Waals surface area contributed by atoms with Gasteiger partial charge in [0, 0.05) is 0 Å². The molecule has 0 saturated carbocycles. The zero-order valence-electron chi connectivity index (χ0n) is 26.3. The van der Waals surface area contributed by atoms with E-state index in [4.69, 9.17) is 4.74 Å². The first-order valence-electron chi connectivity index (χ1n) is 15.3. The minimum atomic E-state index is -0.361. The molecule has 41 heavy (non-hydrogen) atoms. The van der Waals surface area contributed by atoms with Gasteiger partial charge in [0.25, 0.3) is 0 Å². The Kier molecular flexibility index (Phi) is 10.4. The number of unbranched alkanes of at least 4 members (excludes halogenated alkanes) is 1. The third-order valence-corrected chi connectivity index (χ3v) is 9.30. The first-order chi connectivity index (χ1) is 19.5. The first kappa shape index (κ1) is 31.4. The average Bonchev–Trinajstić information content (AvgIpc) is 3.55. The molecule has 0 saturated heterocycles. The predicted octanol–water partition coefficient (Wildman–Crippen LogP) is 6.74. The van der Waals surface area contributed by atoms with Crippen molar-refractivity contribution in [3.05, 3.63) is 57.2 Å². The van der Waals surface area contributed by atoms with Gasteiger partial charge in [-0.15, -0.1) is 0 Å². The molecule has 0 spiro atoms. The molecule has 6 nitrogen and oxygen atoms in total. The Bertz CT molecular complexity index is 1300. The number of nitrogens with one attached hydrogen (secondary N) is 2. The molecular weight excluding hydrogens is 527 g/mol. The molecular formula is C33H49BN4O2S. The van der Waals surface area contributed by atoms with Gasteiger partial charge < -0.3 is 0 Å². The van der Waals surface area contributed by atoms with E-state index in [1.165, 1.54) is 40.0 Å². The number of aromatic nitrogens is 1. The van der Waals surface area contributed by atoms with Crippen LogP contribution in [0.25, 0.3) is 5.70 Å². The number of hydrogen-bond acceptors (Lipinski definition) is 4. The van der Waals surface area contributed by atoms with Gasteiger partial charge >= 0.3 is 232 Å². The summed E-state index contributed by atoms with van der Waals surface area (Å²) in [7, 11) is 6.50. The van der Waals surface area contributed by atoms with Crippen molar-refractivity contribution in [1.82, 2.24) is 14.8 Å². The number of carbonyl (C=O) groups excluding carboxylic acids is 1. The molecule has 2 aromatic heterocycles. The number of likely N-dealkylation sites (N-methyl/N-ethyl adjacent to an activating group) is 1. The predicted molar refractivity (Wildman–Crippen MR) is 177 cm³/mol.